The van der Waals surface area contributed by atoms with E-state index in [1.807, 2.05) is 13.8 Å². The molecule has 120 valence electrons. The minimum Gasteiger partial charge on any atom is -0.492 e. The number of hydrogen-bond acceptors (Lipinski definition) is 4. The molecule has 0 saturated heterocycles. The molecule has 22 heavy (non-hydrogen) atoms. The lowest BCUT2D eigenvalue weighted by molar-refractivity contribution is -0.153. The van der Waals surface area contributed by atoms with Gasteiger partial charge in [0.05, 0.1) is 5.92 Å². The molecule has 1 aliphatic rings. The van der Waals surface area contributed by atoms with Gasteiger partial charge in [0, 0.05) is 11.6 Å². The molecule has 1 amide bonds. The number of benzene rings is 1. The van der Waals surface area contributed by atoms with Gasteiger partial charge in [-0.25, -0.2) is 0 Å². The highest BCUT2D eigenvalue weighted by atomic mass is 35.5. The first-order chi connectivity index (χ1) is 10.5. The van der Waals surface area contributed by atoms with Crippen LogP contribution in [0.3, 0.4) is 0 Å². The highest BCUT2D eigenvalue weighted by Gasteiger charge is 2.27. The summed E-state index contributed by atoms with van der Waals surface area (Å²) in [5.74, 6) is -0.0350. The van der Waals surface area contributed by atoms with Crippen LogP contribution in [0.25, 0.3) is 0 Å². The van der Waals surface area contributed by atoms with E-state index in [2.05, 4.69) is 5.32 Å². The number of esters is 1. The molecule has 0 spiro atoms. The van der Waals surface area contributed by atoms with Crippen molar-refractivity contribution < 1.29 is 19.1 Å². The van der Waals surface area contributed by atoms with E-state index < -0.39 is 11.9 Å². The number of carbonyl (C=O) groups is 2. The van der Waals surface area contributed by atoms with Crippen LogP contribution in [0, 0.1) is 11.8 Å². The molecule has 0 saturated carbocycles. The van der Waals surface area contributed by atoms with E-state index in [4.69, 9.17) is 21.1 Å². The van der Waals surface area contributed by atoms with Gasteiger partial charge < -0.3 is 14.8 Å². The van der Waals surface area contributed by atoms with Gasteiger partial charge in [-0.3, -0.25) is 9.59 Å². The molecule has 6 heteroatoms. The number of fused-ring (bicyclic) bond motifs is 1. The zero-order valence-electron chi connectivity index (χ0n) is 12.7. The number of rotatable bonds is 5. The Morgan fingerprint density at radius 1 is 1.45 bits per heavy atom. The summed E-state index contributed by atoms with van der Waals surface area (Å²) in [5.41, 5.74) is 0.880. The van der Waals surface area contributed by atoms with E-state index in [0.29, 0.717) is 23.9 Å². The molecule has 1 aliphatic heterocycles. The molecule has 0 aliphatic carbocycles. The van der Waals surface area contributed by atoms with Crippen molar-refractivity contribution in [2.24, 2.45) is 11.8 Å². The highest BCUT2D eigenvalue weighted by molar-refractivity contribution is 6.30. The fourth-order valence-corrected chi connectivity index (χ4v) is 2.33. The van der Waals surface area contributed by atoms with Crippen molar-refractivity contribution in [3.63, 3.8) is 0 Å². The summed E-state index contributed by atoms with van der Waals surface area (Å²) in [7, 11) is 0. The molecule has 1 heterocycles. The maximum Gasteiger partial charge on any atom is 0.313 e. The molecular weight excluding hydrogens is 306 g/mol. The van der Waals surface area contributed by atoms with Gasteiger partial charge >= 0.3 is 5.97 Å². The van der Waals surface area contributed by atoms with Crippen LogP contribution in [0.2, 0.25) is 5.02 Å². The Morgan fingerprint density at radius 2 is 2.23 bits per heavy atom. The van der Waals surface area contributed by atoms with Crippen molar-refractivity contribution in [3.8, 4) is 5.75 Å². The first kappa shape index (κ1) is 16.6. The van der Waals surface area contributed by atoms with Gasteiger partial charge in [0.25, 0.3) is 5.91 Å². The Kier molecular flexibility index (Phi) is 5.66. The summed E-state index contributed by atoms with van der Waals surface area (Å²) in [5, 5.41) is 3.30. The molecule has 0 radical (unpaired) electrons. The normalized spacial score (nSPS) is 16.6. The Labute approximate surface area is 134 Å². The fourth-order valence-electron chi connectivity index (χ4n) is 2.14. The molecule has 1 N–H and O–H groups in total. The van der Waals surface area contributed by atoms with E-state index >= 15 is 0 Å². The zero-order chi connectivity index (χ0) is 16.1. The molecule has 0 fully saturated rings. The number of ether oxygens (including phenoxy) is 2. The van der Waals surface area contributed by atoms with Crippen molar-refractivity contribution in [1.29, 1.82) is 0 Å². The van der Waals surface area contributed by atoms with Crippen molar-refractivity contribution in [3.05, 3.63) is 28.8 Å². The van der Waals surface area contributed by atoms with Gasteiger partial charge in [-0.15, -0.1) is 0 Å². The maximum atomic E-state index is 12.0. The van der Waals surface area contributed by atoms with Crippen LogP contribution in [-0.2, 0) is 20.7 Å². The van der Waals surface area contributed by atoms with Crippen LogP contribution < -0.4 is 10.1 Å². The van der Waals surface area contributed by atoms with Crippen LogP contribution in [0.15, 0.2) is 18.2 Å². The molecule has 1 aromatic carbocycles. The second kappa shape index (κ2) is 7.49. The lowest BCUT2D eigenvalue weighted by atomic mass is 9.97. The van der Waals surface area contributed by atoms with Crippen molar-refractivity contribution in [2.45, 2.75) is 20.3 Å². The van der Waals surface area contributed by atoms with E-state index in [-0.39, 0.29) is 19.1 Å². The smallest absolute Gasteiger partial charge is 0.313 e. The number of hydrogen-bond donors (Lipinski definition) is 1. The summed E-state index contributed by atoms with van der Waals surface area (Å²) in [6, 6.07) is 5.32. The lowest BCUT2D eigenvalue weighted by Gasteiger charge is -2.24. The Balaban J connectivity index is 1.83. The molecule has 0 aromatic heterocycles. The summed E-state index contributed by atoms with van der Waals surface area (Å²) in [6.07, 6.45) is 0.502. The van der Waals surface area contributed by atoms with Crippen LogP contribution in [0.1, 0.15) is 19.4 Å². The van der Waals surface area contributed by atoms with Crippen molar-refractivity contribution in [2.75, 3.05) is 19.8 Å². The molecule has 1 atom stereocenters. The van der Waals surface area contributed by atoms with Gasteiger partial charge in [0.1, 0.15) is 12.4 Å². The number of nitrogens with one attached hydrogen (secondary N) is 1. The van der Waals surface area contributed by atoms with Gasteiger partial charge in [-0.05, 0) is 36.1 Å². The number of halogens is 1. The average Bonchev–Trinajstić information content (AvgIpc) is 2.49. The van der Waals surface area contributed by atoms with Gasteiger partial charge in [-0.1, -0.05) is 25.4 Å². The third-order valence-electron chi connectivity index (χ3n) is 3.32. The summed E-state index contributed by atoms with van der Waals surface area (Å²) < 4.78 is 10.6. The second-order valence-electron chi connectivity index (χ2n) is 5.77. The van der Waals surface area contributed by atoms with E-state index in [1.165, 1.54) is 0 Å². The Morgan fingerprint density at radius 3 is 2.95 bits per heavy atom. The monoisotopic (exact) mass is 325 g/mol. The first-order valence-corrected chi connectivity index (χ1v) is 7.68. The van der Waals surface area contributed by atoms with Crippen LogP contribution in [0.4, 0.5) is 0 Å². The molecule has 0 bridgehead atoms. The fraction of sp³-hybridized carbons (Fsp3) is 0.500. The summed E-state index contributed by atoms with van der Waals surface area (Å²) in [4.78, 5) is 23.6. The summed E-state index contributed by atoms with van der Waals surface area (Å²) >= 11 is 5.94. The van der Waals surface area contributed by atoms with E-state index in [1.54, 1.807) is 18.2 Å². The zero-order valence-corrected chi connectivity index (χ0v) is 13.5. The molecule has 2 rings (SSSR count). The van der Waals surface area contributed by atoms with Gasteiger partial charge in [-0.2, -0.15) is 0 Å². The first-order valence-electron chi connectivity index (χ1n) is 7.30. The molecule has 5 nitrogen and oxygen atoms in total. The minimum atomic E-state index is -0.426. The molecule has 0 unspecified atom stereocenters. The third kappa shape index (κ3) is 4.63. The number of amides is 1. The van der Waals surface area contributed by atoms with Gasteiger partial charge in [0.2, 0.25) is 0 Å². The largest absolute Gasteiger partial charge is 0.492 e. The standard InChI is InChI=1S/C16H20ClNO4/c1-10(2)7-18-15(19)9-22-16(20)12-5-11-6-13(17)3-4-14(11)21-8-12/h3-4,6,10,12H,5,7-9H2,1-2H3,(H,18,19)/t12-/m0/s1. The Hall–Kier alpha value is -1.75. The molecular formula is C16H20ClNO4. The minimum absolute atomic E-state index is 0.251. The van der Waals surface area contributed by atoms with Crippen molar-refractivity contribution >= 4 is 23.5 Å². The highest BCUT2D eigenvalue weighted by Crippen LogP contribution is 2.30. The topological polar surface area (TPSA) is 64.6 Å². The van der Waals surface area contributed by atoms with E-state index in [9.17, 15) is 9.59 Å². The second-order valence-corrected chi connectivity index (χ2v) is 6.21. The summed E-state index contributed by atoms with van der Waals surface area (Å²) in [6.45, 7) is 4.54. The van der Waals surface area contributed by atoms with E-state index in [0.717, 1.165) is 11.3 Å². The molecule has 1 aromatic rings. The third-order valence-corrected chi connectivity index (χ3v) is 3.55. The lowest BCUT2D eigenvalue weighted by Crippen LogP contribution is -2.35. The number of carbonyl (C=O) groups excluding carboxylic acids is 2. The Bertz CT molecular complexity index is 559. The SMILES string of the molecule is CC(C)CNC(=O)COC(=O)[C@@H]1COc2ccc(Cl)cc2C1. The van der Waals surface area contributed by atoms with Crippen LogP contribution in [0.5, 0.6) is 5.75 Å². The van der Waals surface area contributed by atoms with Crippen LogP contribution in [-0.4, -0.2) is 31.6 Å². The predicted octanol–water partition coefficient (Wildman–Crippen LogP) is 2.21. The average molecular weight is 326 g/mol. The van der Waals surface area contributed by atoms with Crippen molar-refractivity contribution in [1.82, 2.24) is 5.32 Å². The van der Waals surface area contributed by atoms with Gasteiger partial charge in [0.15, 0.2) is 6.61 Å². The quantitative estimate of drug-likeness (QED) is 0.843. The van der Waals surface area contributed by atoms with Crippen LogP contribution >= 0.6 is 11.6 Å². The predicted molar refractivity (Wildman–Crippen MR) is 82.9 cm³/mol. The maximum absolute atomic E-state index is 12.0.